The lowest BCUT2D eigenvalue weighted by molar-refractivity contribution is 0.0971. The van der Waals surface area contributed by atoms with Gasteiger partial charge in [0, 0.05) is 35.8 Å². The van der Waals surface area contributed by atoms with Crippen molar-refractivity contribution in [1.29, 1.82) is 0 Å². The first-order valence-electron chi connectivity index (χ1n) is 12.1. The number of rotatable bonds is 7. The largest absolute Gasteiger partial charge is 0.455 e. The molecule has 4 aromatic rings. The average Bonchev–Trinajstić information content (AvgIpc) is 3.54. The molecule has 0 amide bonds. The summed E-state index contributed by atoms with van der Waals surface area (Å²) in [6.07, 6.45) is 2.11. The molecular weight excluding hydrogens is 453 g/mol. The summed E-state index contributed by atoms with van der Waals surface area (Å²) >= 11 is 0. The highest BCUT2D eigenvalue weighted by Gasteiger charge is 2.52. The normalized spacial score (nSPS) is 14.0. The van der Waals surface area contributed by atoms with Crippen molar-refractivity contribution in [3.63, 3.8) is 0 Å². The SMILES string of the molecule is [C-]#[N+]C1(CC(=O)c2cc(-c3ccc4oc(-c5ccc(F)cc5)c(C(=O)CC)c4c3)c(C)cc2C)CC1. The predicted molar refractivity (Wildman–Crippen MR) is 139 cm³/mol. The predicted octanol–water partition coefficient (Wildman–Crippen LogP) is 8.14. The molecule has 0 atom stereocenters. The molecule has 36 heavy (non-hydrogen) atoms. The number of halogens is 1. The van der Waals surface area contributed by atoms with Crippen LogP contribution in [0.3, 0.4) is 0 Å². The van der Waals surface area contributed by atoms with E-state index in [2.05, 4.69) is 4.85 Å². The minimum atomic E-state index is -0.517. The summed E-state index contributed by atoms with van der Waals surface area (Å²) in [6, 6.07) is 15.5. The molecule has 1 saturated carbocycles. The Bertz CT molecular complexity index is 1570. The first-order chi connectivity index (χ1) is 17.2. The Morgan fingerprint density at radius 2 is 1.67 bits per heavy atom. The summed E-state index contributed by atoms with van der Waals surface area (Å²) in [4.78, 5) is 29.8. The number of nitrogens with zero attached hydrogens (tertiary/aromatic N) is 1. The van der Waals surface area contributed by atoms with Gasteiger partial charge in [-0.15, -0.1) is 0 Å². The minimum absolute atomic E-state index is 0.00733. The average molecular weight is 480 g/mol. The van der Waals surface area contributed by atoms with E-state index in [1.807, 2.05) is 44.2 Å². The lowest BCUT2D eigenvalue weighted by Gasteiger charge is -2.13. The van der Waals surface area contributed by atoms with Crippen LogP contribution in [-0.4, -0.2) is 17.1 Å². The summed E-state index contributed by atoms with van der Waals surface area (Å²) in [5.74, 6) is 0.00627. The highest BCUT2D eigenvalue weighted by atomic mass is 19.1. The Balaban J connectivity index is 1.63. The third kappa shape index (κ3) is 4.13. The van der Waals surface area contributed by atoms with Gasteiger partial charge < -0.3 is 9.26 Å². The van der Waals surface area contributed by atoms with Crippen LogP contribution in [0.25, 0.3) is 38.3 Å². The Hall–Kier alpha value is -4.04. The number of furan rings is 1. The molecule has 1 fully saturated rings. The second-order valence-corrected chi connectivity index (χ2v) is 9.72. The molecule has 1 heterocycles. The maximum Gasteiger partial charge on any atom is 0.240 e. The fraction of sp³-hybridized carbons (Fsp3) is 0.258. The molecule has 1 aromatic heterocycles. The van der Waals surface area contributed by atoms with Gasteiger partial charge in [-0.3, -0.25) is 9.59 Å². The zero-order chi connectivity index (χ0) is 25.6. The Labute approximate surface area is 209 Å². The van der Waals surface area contributed by atoms with E-state index in [1.54, 1.807) is 19.1 Å². The van der Waals surface area contributed by atoms with Gasteiger partial charge in [-0.25, -0.2) is 11.0 Å². The van der Waals surface area contributed by atoms with E-state index in [9.17, 15) is 14.0 Å². The van der Waals surface area contributed by atoms with Crippen molar-refractivity contribution in [3.05, 3.63) is 94.1 Å². The van der Waals surface area contributed by atoms with E-state index in [0.717, 1.165) is 35.1 Å². The number of hydrogen-bond donors (Lipinski definition) is 0. The van der Waals surface area contributed by atoms with Gasteiger partial charge >= 0.3 is 0 Å². The standard InChI is InChI=1S/C31H26FNO3/c1-5-26(34)29-25-15-21(8-11-28(25)36-30(29)20-6-9-22(32)10-7-20)23-16-24(19(3)14-18(23)2)27(35)17-31(33-4)12-13-31/h6-11,14-16H,5,12-13,17H2,1-3H3. The molecule has 0 radical (unpaired) electrons. The van der Waals surface area contributed by atoms with E-state index in [-0.39, 0.29) is 23.8 Å². The lowest BCUT2D eigenvalue weighted by atomic mass is 9.90. The molecule has 0 bridgehead atoms. The molecule has 3 aromatic carbocycles. The van der Waals surface area contributed by atoms with E-state index in [0.29, 0.717) is 39.8 Å². The fourth-order valence-corrected chi connectivity index (χ4v) is 4.85. The van der Waals surface area contributed by atoms with Gasteiger partial charge in [0.05, 0.1) is 12.0 Å². The molecule has 5 heteroatoms. The lowest BCUT2D eigenvalue weighted by Crippen LogP contribution is -2.12. The van der Waals surface area contributed by atoms with Crippen LogP contribution in [0.2, 0.25) is 0 Å². The fourth-order valence-electron chi connectivity index (χ4n) is 4.85. The minimum Gasteiger partial charge on any atom is -0.455 e. The van der Waals surface area contributed by atoms with Gasteiger partial charge in [0.25, 0.3) is 0 Å². The van der Waals surface area contributed by atoms with Crippen LogP contribution >= 0.6 is 0 Å². The van der Waals surface area contributed by atoms with Gasteiger partial charge in [-0.05, 0) is 78.6 Å². The summed E-state index contributed by atoms with van der Waals surface area (Å²) in [6.45, 7) is 13.2. The van der Waals surface area contributed by atoms with E-state index >= 15 is 0 Å². The summed E-state index contributed by atoms with van der Waals surface area (Å²) in [5, 5.41) is 0.691. The van der Waals surface area contributed by atoms with Crippen molar-refractivity contribution in [2.24, 2.45) is 0 Å². The Morgan fingerprint density at radius 1 is 0.972 bits per heavy atom. The van der Waals surface area contributed by atoms with Crippen LogP contribution in [0, 0.1) is 26.2 Å². The van der Waals surface area contributed by atoms with Crippen LogP contribution in [-0.2, 0) is 0 Å². The first kappa shape index (κ1) is 23.7. The van der Waals surface area contributed by atoms with Gasteiger partial charge in [0.1, 0.15) is 17.2 Å². The summed E-state index contributed by atoms with van der Waals surface area (Å²) in [5.41, 5.74) is 5.49. The van der Waals surface area contributed by atoms with Crippen LogP contribution in [0.5, 0.6) is 0 Å². The zero-order valence-corrected chi connectivity index (χ0v) is 20.6. The number of Topliss-reactive ketones (excluding diaryl/α,β-unsaturated/α-hetero) is 2. The highest BCUT2D eigenvalue weighted by molar-refractivity contribution is 6.13. The summed E-state index contributed by atoms with van der Waals surface area (Å²) in [7, 11) is 0. The molecule has 180 valence electrons. The monoisotopic (exact) mass is 479 g/mol. The number of fused-ring (bicyclic) bond motifs is 1. The topological polar surface area (TPSA) is 51.6 Å². The molecule has 0 N–H and O–H groups in total. The van der Waals surface area contributed by atoms with Gasteiger partial charge in [-0.2, -0.15) is 0 Å². The molecule has 0 unspecified atom stereocenters. The third-order valence-corrected chi connectivity index (χ3v) is 7.13. The number of benzene rings is 3. The number of aryl methyl sites for hydroxylation is 2. The second-order valence-electron chi connectivity index (χ2n) is 9.72. The molecule has 5 rings (SSSR count). The van der Waals surface area contributed by atoms with E-state index < -0.39 is 5.54 Å². The van der Waals surface area contributed by atoms with Crippen molar-refractivity contribution in [2.45, 2.75) is 52.0 Å². The van der Waals surface area contributed by atoms with Crippen LogP contribution < -0.4 is 0 Å². The maximum atomic E-state index is 13.5. The second kappa shape index (κ2) is 8.87. The van der Waals surface area contributed by atoms with E-state index in [1.165, 1.54) is 12.1 Å². The molecule has 1 aliphatic rings. The van der Waals surface area contributed by atoms with Crippen molar-refractivity contribution in [1.82, 2.24) is 0 Å². The molecule has 1 aliphatic carbocycles. The van der Waals surface area contributed by atoms with Crippen LogP contribution in [0.1, 0.15) is 64.4 Å². The van der Waals surface area contributed by atoms with Crippen molar-refractivity contribution >= 4 is 22.5 Å². The van der Waals surface area contributed by atoms with Crippen molar-refractivity contribution in [3.8, 4) is 22.5 Å². The van der Waals surface area contributed by atoms with Crippen molar-refractivity contribution < 1.29 is 18.4 Å². The zero-order valence-electron chi connectivity index (χ0n) is 20.6. The number of carbonyl (C=O) groups excluding carboxylic acids is 2. The molecular formula is C31H26FNO3. The van der Waals surface area contributed by atoms with Crippen LogP contribution in [0.15, 0.2) is 59.0 Å². The molecule has 0 spiro atoms. The maximum absolute atomic E-state index is 13.5. The molecule has 0 saturated heterocycles. The molecule has 0 aliphatic heterocycles. The van der Waals surface area contributed by atoms with Gasteiger partial charge in [0.2, 0.25) is 5.54 Å². The van der Waals surface area contributed by atoms with Crippen LogP contribution in [0.4, 0.5) is 4.39 Å². The highest BCUT2D eigenvalue weighted by Crippen LogP contribution is 2.44. The smallest absolute Gasteiger partial charge is 0.240 e. The number of carbonyl (C=O) groups is 2. The Morgan fingerprint density at radius 3 is 2.31 bits per heavy atom. The van der Waals surface area contributed by atoms with Gasteiger partial charge in [-0.1, -0.05) is 19.1 Å². The van der Waals surface area contributed by atoms with Gasteiger partial charge in [0.15, 0.2) is 11.6 Å². The number of hydrogen-bond acceptors (Lipinski definition) is 3. The number of ketones is 2. The molecule has 4 nitrogen and oxygen atoms in total. The van der Waals surface area contributed by atoms with E-state index in [4.69, 9.17) is 11.0 Å². The van der Waals surface area contributed by atoms with Crippen molar-refractivity contribution in [2.75, 3.05) is 0 Å². The summed E-state index contributed by atoms with van der Waals surface area (Å²) < 4.78 is 19.6. The Kier molecular flexibility index (Phi) is 5.84. The third-order valence-electron chi connectivity index (χ3n) is 7.13. The quantitative estimate of drug-likeness (QED) is 0.199. The first-order valence-corrected chi connectivity index (χ1v) is 12.1.